The Bertz CT molecular complexity index is 1730. The van der Waals surface area contributed by atoms with Gasteiger partial charge in [0.2, 0.25) is 5.88 Å². The molecule has 1 N–H and O–H groups in total. The summed E-state index contributed by atoms with van der Waals surface area (Å²) in [6.07, 6.45) is -0.311. The average Bonchev–Trinajstić information content (AvgIpc) is 3.58. The van der Waals surface area contributed by atoms with Gasteiger partial charge in [0.05, 0.1) is 46.3 Å². The number of aromatic nitrogens is 2. The number of pyridine rings is 2. The number of likely N-dealkylation sites (N-methyl/N-ethyl adjacent to an activating group) is 1. The van der Waals surface area contributed by atoms with E-state index in [-0.39, 0.29) is 17.6 Å². The van der Waals surface area contributed by atoms with Crippen LogP contribution in [0.3, 0.4) is 0 Å². The number of anilines is 1. The molecule has 2 fully saturated rings. The number of nitrogens with one attached hydrogen (secondary N) is 1. The maximum absolute atomic E-state index is 13.9. The van der Waals surface area contributed by atoms with E-state index in [1.54, 1.807) is 51.2 Å². The number of piperidine rings is 1. The third kappa shape index (κ3) is 8.04. The Labute approximate surface area is 290 Å². The van der Waals surface area contributed by atoms with Crippen molar-refractivity contribution in [3.05, 3.63) is 71.5 Å². The van der Waals surface area contributed by atoms with Crippen molar-refractivity contribution in [1.82, 2.24) is 25.1 Å². The van der Waals surface area contributed by atoms with Crippen molar-refractivity contribution >= 4 is 17.8 Å². The van der Waals surface area contributed by atoms with E-state index in [2.05, 4.69) is 10.3 Å². The summed E-state index contributed by atoms with van der Waals surface area (Å²) in [4.78, 5) is 40.8. The quantitative estimate of drug-likeness (QED) is 0.295. The number of carbonyl (C=O) groups is 2. The summed E-state index contributed by atoms with van der Waals surface area (Å²) in [6.45, 7) is 9.15. The molecule has 0 saturated carbocycles. The van der Waals surface area contributed by atoms with Crippen LogP contribution >= 0.6 is 0 Å². The van der Waals surface area contributed by atoms with Crippen molar-refractivity contribution in [1.29, 1.82) is 5.26 Å². The van der Waals surface area contributed by atoms with Crippen LogP contribution in [0.1, 0.15) is 63.6 Å². The van der Waals surface area contributed by atoms with Gasteiger partial charge >= 0.3 is 18.3 Å². The lowest BCUT2D eigenvalue weighted by molar-refractivity contribution is -0.137. The van der Waals surface area contributed by atoms with Gasteiger partial charge in [-0.15, -0.1) is 0 Å². The molecule has 0 aliphatic carbocycles. The highest BCUT2D eigenvalue weighted by Gasteiger charge is 2.42. The summed E-state index contributed by atoms with van der Waals surface area (Å²) in [5.41, 5.74) is 0.0303. The molecule has 14 heteroatoms. The normalized spacial score (nSPS) is 17.5. The average molecular weight is 694 g/mol. The molecule has 0 bridgehead atoms. The van der Waals surface area contributed by atoms with Gasteiger partial charge in [-0.2, -0.15) is 18.4 Å². The summed E-state index contributed by atoms with van der Waals surface area (Å²) in [7, 11) is 1.67. The zero-order valence-corrected chi connectivity index (χ0v) is 28.9. The van der Waals surface area contributed by atoms with E-state index < -0.39 is 29.0 Å². The molecule has 11 nitrogen and oxygen atoms in total. The number of halogens is 3. The topological polar surface area (TPSA) is 124 Å². The van der Waals surface area contributed by atoms with Crippen LogP contribution in [0.4, 0.5) is 28.4 Å². The van der Waals surface area contributed by atoms with Crippen LogP contribution in [0.25, 0.3) is 11.3 Å². The molecule has 5 rings (SSSR count). The van der Waals surface area contributed by atoms with E-state index >= 15 is 0 Å². The second kappa shape index (κ2) is 14.4. The highest BCUT2D eigenvalue weighted by Crippen LogP contribution is 2.39. The van der Waals surface area contributed by atoms with Crippen LogP contribution in [0.15, 0.2) is 54.9 Å². The number of ether oxygens (including phenoxy) is 2. The molecule has 3 amide bonds. The predicted octanol–water partition coefficient (Wildman–Crippen LogP) is 6.58. The molecule has 2 aliphatic heterocycles. The van der Waals surface area contributed by atoms with Gasteiger partial charge in [-0.25, -0.2) is 14.6 Å². The maximum Gasteiger partial charge on any atom is 0.416 e. The zero-order valence-electron chi connectivity index (χ0n) is 28.9. The van der Waals surface area contributed by atoms with Crippen molar-refractivity contribution in [3.63, 3.8) is 0 Å². The van der Waals surface area contributed by atoms with E-state index in [1.807, 2.05) is 36.1 Å². The first kappa shape index (κ1) is 36.2. The Hall–Kier alpha value is -5.06. The lowest BCUT2D eigenvalue weighted by Crippen LogP contribution is -2.56. The molecule has 266 valence electrons. The maximum atomic E-state index is 13.9. The number of hydrogen-bond acceptors (Lipinski definition) is 8. The summed E-state index contributed by atoms with van der Waals surface area (Å²) >= 11 is 0. The lowest BCUT2D eigenvalue weighted by Gasteiger charge is -2.44. The molecular weight excluding hydrogens is 651 g/mol. The standard InChI is InChI=1S/C36H42F3N7O4/c1-6-49-31-28(8-7-16-41-31)29-11-9-26(22-42-29)35(43-32(47)46-17-13-27(23-46)44(5)33(48)50-34(2,3)4)14-18-45(19-15-35)30-12-10-25(36(37,38)39)20-24(30)21-40/h7-12,16,20,22,27H,6,13-15,17-19,23H2,1-5H3,(H,43,47)/t27-/m1/s1. The fraction of sp³-hybridized carbons (Fsp3) is 0.472. The summed E-state index contributed by atoms with van der Waals surface area (Å²) < 4.78 is 51.3. The molecule has 1 atom stereocenters. The molecule has 50 heavy (non-hydrogen) atoms. The smallest absolute Gasteiger partial charge is 0.416 e. The Morgan fingerprint density at radius 3 is 2.46 bits per heavy atom. The Kier molecular flexibility index (Phi) is 10.5. The first-order chi connectivity index (χ1) is 23.6. The van der Waals surface area contributed by atoms with Crippen molar-refractivity contribution in [3.8, 4) is 23.2 Å². The van der Waals surface area contributed by atoms with E-state index in [1.165, 1.54) is 11.0 Å². The van der Waals surface area contributed by atoms with Crippen LogP contribution in [-0.4, -0.2) is 83.4 Å². The van der Waals surface area contributed by atoms with Gasteiger partial charge in [0.1, 0.15) is 11.7 Å². The van der Waals surface area contributed by atoms with Crippen LogP contribution in [0.2, 0.25) is 0 Å². The molecule has 1 aromatic carbocycles. The monoisotopic (exact) mass is 693 g/mol. The molecule has 4 heterocycles. The third-order valence-corrected chi connectivity index (χ3v) is 9.07. The SMILES string of the molecule is CCOc1ncccc1-c1ccc(C2(NC(=O)N3CC[C@@H](N(C)C(=O)OC(C)(C)C)C3)CCN(c3ccc(C(F)(F)F)cc3C#N)CC2)cn1. The van der Waals surface area contributed by atoms with Gasteiger partial charge in [-0.3, -0.25) is 4.98 Å². The Balaban J connectivity index is 1.39. The largest absolute Gasteiger partial charge is 0.477 e. The highest BCUT2D eigenvalue weighted by atomic mass is 19.4. The van der Waals surface area contributed by atoms with Crippen molar-refractivity contribution in [2.24, 2.45) is 0 Å². The first-order valence-corrected chi connectivity index (χ1v) is 16.6. The van der Waals surface area contributed by atoms with Crippen molar-refractivity contribution in [2.45, 2.75) is 70.3 Å². The van der Waals surface area contributed by atoms with Gasteiger partial charge in [0.15, 0.2) is 0 Å². The molecule has 2 aromatic heterocycles. The van der Waals surface area contributed by atoms with Crippen LogP contribution in [-0.2, 0) is 16.5 Å². The molecule has 3 aromatic rings. The number of urea groups is 1. The van der Waals surface area contributed by atoms with Gasteiger partial charge < -0.3 is 29.5 Å². The number of amides is 3. The van der Waals surface area contributed by atoms with E-state index in [0.717, 1.165) is 23.3 Å². The number of hydrogen-bond donors (Lipinski definition) is 1. The molecule has 0 unspecified atom stereocenters. The Morgan fingerprint density at radius 2 is 1.84 bits per heavy atom. The van der Waals surface area contributed by atoms with Gasteiger partial charge in [0.25, 0.3) is 0 Å². The summed E-state index contributed by atoms with van der Waals surface area (Å²) in [5, 5.41) is 13.0. The second-order valence-electron chi connectivity index (χ2n) is 13.5. The van der Waals surface area contributed by atoms with Gasteiger partial charge in [0, 0.05) is 45.6 Å². The molecule has 2 aliphatic rings. The molecular formula is C36H42F3N7O4. The number of nitrogens with zero attached hydrogens (tertiary/aromatic N) is 6. The highest BCUT2D eigenvalue weighted by molar-refractivity contribution is 5.76. The fourth-order valence-corrected chi connectivity index (χ4v) is 6.38. The summed E-state index contributed by atoms with van der Waals surface area (Å²) in [5.74, 6) is 0.455. The van der Waals surface area contributed by atoms with Crippen molar-refractivity contribution in [2.75, 3.05) is 44.7 Å². The van der Waals surface area contributed by atoms with Gasteiger partial charge in [-0.05, 0) is 88.9 Å². The van der Waals surface area contributed by atoms with Gasteiger partial charge in [-0.1, -0.05) is 6.07 Å². The molecule has 0 spiro atoms. The minimum absolute atomic E-state index is 0.0684. The predicted molar refractivity (Wildman–Crippen MR) is 180 cm³/mol. The molecule has 0 radical (unpaired) electrons. The second-order valence-corrected chi connectivity index (χ2v) is 13.5. The van der Waals surface area contributed by atoms with Crippen LogP contribution in [0, 0.1) is 11.3 Å². The number of likely N-dealkylation sites (tertiary alicyclic amines) is 1. The first-order valence-electron chi connectivity index (χ1n) is 16.6. The zero-order chi connectivity index (χ0) is 36.3. The Morgan fingerprint density at radius 1 is 1.10 bits per heavy atom. The molecule has 2 saturated heterocycles. The number of carbonyl (C=O) groups excluding carboxylic acids is 2. The van der Waals surface area contributed by atoms with Crippen molar-refractivity contribution < 1.29 is 32.2 Å². The number of benzene rings is 1. The van der Waals surface area contributed by atoms with E-state index in [9.17, 15) is 28.0 Å². The minimum Gasteiger partial charge on any atom is -0.477 e. The van der Waals surface area contributed by atoms with E-state index in [4.69, 9.17) is 14.5 Å². The van der Waals surface area contributed by atoms with Crippen LogP contribution < -0.4 is 15.0 Å². The fourth-order valence-electron chi connectivity index (χ4n) is 6.38. The number of alkyl halides is 3. The van der Waals surface area contributed by atoms with Crippen LogP contribution in [0.5, 0.6) is 5.88 Å². The van der Waals surface area contributed by atoms with E-state index in [0.29, 0.717) is 69.3 Å². The number of nitriles is 1. The lowest BCUT2D eigenvalue weighted by atomic mass is 9.81. The minimum atomic E-state index is -4.57. The summed E-state index contributed by atoms with van der Waals surface area (Å²) in [6, 6.07) is 12.0. The number of rotatable bonds is 7. The third-order valence-electron chi connectivity index (χ3n) is 9.07.